The van der Waals surface area contributed by atoms with Crippen LogP contribution in [0.3, 0.4) is 0 Å². The second-order valence-corrected chi connectivity index (χ2v) is 7.70. The van der Waals surface area contributed by atoms with Crippen LogP contribution in [0.5, 0.6) is 0 Å². The Morgan fingerprint density at radius 1 is 1.30 bits per heavy atom. The summed E-state index contributed by atoms with van der Waals surface area (Å²) in [5.74, 6) is -0.931. The van der Waals surface area contributed by atoms with E-state index in [4.69, 9.17) is 15.2 Å². The van der Waals surface area contributed by atoms with Gasteiger partial charge in [-0.1, -0.05) is 38.1 Å². The molecule has 0 bridgehead atoms. The zero-order chi connectivity index (χ0) is 22.5. The van der Waals surface area contributed by atoms with Gasteiger partial charge in [0, 0.05) is 43.4 Å². The van der Waals surface area contributed by atoms with Crippen LogP contribution >= 0.6 is 0 Å². The van der Waals surface area contributed by atoms with Gasteiger partial charge in [-0.15, -0.1) is 0 Å². The second-order valence-electron chi connectivity index (χ2n) is 7.70. The fourth-order valence-electron chi connectivity index (χ4n) is 3.66. The third-order valence-electron chi connectivity index (χ3n) is 5.46. The minimum absolute atomic E-state index is 0.0981. The van der Waals surface area contributed by atoms with Gasteiger partial charge in [-0.3, -0.25) is 19.7 Å². The van der Waals surface area contributed by atoms with Gasteiger partial charge in [0.05, 0.1) is 11.3 Å². The predicted molar refractivity (Wildman–Crippen MR) is 111 cm³/mol. The highest BCUT2D eigenvalue weighted by molar-refractivity contribution is 5.95. The van der Waals surface area contributed by atoms with Crippen LogP contribution in [0.1, 0.15) is 19.4 Å². The van der Waals surface area contributed by atoms with Crippen molar-refractivity contribution < 1.29 is 24.0 Å². The molecule has 2 atom stereocenters. The molecule has 0 heterocycles. The van der Waals surface area contributed by atoms with Crippen molar-refractivity contribution in [1.82, 2.24) is 5.32 Å². The number of nitrogens with zero attached hydrogens (tertiary/aromatic N) is 1. The van der Waals surface area contributed by atoms with Crippen LogP contribution in [0.2, 0.25) is 0 Å². The van der Waals surface area contributed by atoms with Crippen LogP contribution in [-0.2, 0) is 25.5 Å². The predicted octanol–water partition coefficient (Wildman–Crippen LogP) is 1.66. The number of carbonyl (C=O) groups is 2. The summed E-state index contributed by atoms with van der Waals surface area (Å²) in [7, 11) is 3.02. The number of nitro benzene ring substituents is 1. The molecular weight excluding hydrogens is 390 g/mol. The molecule has 0 saturated carbocycles. The average Bonchev–Trinajstić information content (AvgIpc) is 2.71. The number of primary amides is 1. The maximum absolute atomic E-state index is 12.5. The normalized spacial score (nSPS) is 21.1. The number of methoxy groups -OCH3 is 2. The van der Waals surface area contributed by atoms with Gasteiger partial charge in [0.15, 0.2) is 0 Å². The molecule has 2 rings (SSSR count). The summed E-state index contributed by atoms with van der Waals surface area (Å²) in [6, 6.07) is 6.13. The molecule has 1 aromatic carbocycles. The monoisotopic (exact) mass is 417 g/mol. The molecule has 162 valence electrons. The Morgan fingerprint density at radius 2 is 1.97 bits per heavy atom. The molecule has 2 amide bonds. The van der Waals surface area contributed by atoms with E-state index in [-0.39, 0.29) is 24.6 Å². The summed E-state index contributed by atoms with van der Waals surface area (Å²) in [4.78, 5) is 34.7. The van der Waals surface area contributed by atoms with E-state index in [2.05, 4.69) is 5.32 Å². The van der Waals surface area contributed by atoms with E-state index in [1.165, 1.54) is 20.3 Å². The Bertz CT molecular complexity index is 892. The highest BCUT2D eigenvalue weighted by Gasteiger charge is 2.50. The number of rotatable bonds is 9. The van der Waals surface area contributed by atoms with Crippen molar-refractivity contribution in [3.63, 3.8) is 0 Å². The van der Waals surface area contributed by atoms with Crippen molar-refractivity contribution in [3.05, 3.63) is 63.7 Å². The van der Waals surface area contributed by atoms with Gasteiger partial charge >= 0.3 is 0 Å². The molecule has 0 aromatic heterocycles. The van der Waals surface area contributed by atoms with Gasteiger partial charge < -0.3 is 20.5 Å². The van der Waals surface area contributed by atoms with E-state index in [9.17, 15) is 19.7 Å². The lowest BCUT2D eigenvalue weighted by atomic mass is 9.68. The van der Waals surface area contributed by atoms with E-state index in [0.29, 0.717) is 11.1 Å². The lowest BCUT2D eigenvalue weighted by Gasteiger charge is -2.48. The number of para-hydroxylation sites is 1. The minimum atomic E-state index is -0.979. The molecule has 30 heavy (non-hydrogen) atoms. The molecule has 1 aliphatic carbocycles. The number of nitrogens with two attached hydrogens (primary N) is 1. The molecule has 1 aromatic rings. The van der Waals surface area contributed by atoms with Gasteiger partial charge in [-0.25, -0.2) is 0 Å². The first-order chi connectivity index (χ1) is 14.1. The lowest BCUT2D eigenvalue weighted by Crippen LogP contribution is -2.59. The summed E-state index contributed by atoms with van der Waals surface area (Å²) in [6.07, 6.45) is 4.16. The SMILES string of the molecule is COC1C=C(C(N)=O)C=CC1(OC)C(C)(C)CNC(=O)Cc1ccccc1[N+](=O)[O-]. The summed E-state index contributed by atoms with van der Waals surface area (Å²) in [5.41, 5.74) is 4.27. The highest BCUT2D eigenvalue weighted by atomic mass is 16.6. The maximum atomic E-state index is 12.5. The molecule has 0 spiro atoms. The summed E-state index contributed by atoms with van der Waals surface area (Å²) in [5, 5.41) is 14.0. The third kappa shape index (κ3) is 4.58. The topological polar surface area (TPSA) is 134 Å². The first kappa shape index (κ1) is 23.2. The van der Waals surface area contributed by atoms with E-state index in [1.807, 2.05) is 13.8 Å². The Kier molecular flexibility index (Phi) is 7.12. The molecule has 3 N–H and O–H groups in total. The van der Waals surface area contributed by atoms with Crippen molar-refractivity contribution in [3.8, 4) is 0 Å². The fraction of sp³-hybridized carbons (Fsp3) is 0.429. The van der Waals surface area contributed by atoms with Gasteiger partial charge in [0.2, 0.25) is 11.8 Å². The third-order valence-corrected chi connectivity index (χ3v) is 5.46. The number of amides is 2. The zero-order valence-electron chi connectivity index (χ0n) is 17.5. The van der Waals surface area contributed by atoms with E-state index in [0.717, 1.165) is 0 Å². The standard InChI is InChI=1S/C21H27N3O6/c1-20(2,21(30-4)10-9-15(19(22)26)11-17(21)29-3)13-23-18(25)12-14-7-5-6-8-16(14)24(27)28/h5-11,17H,12-13H2,1-4H3,(H2,22,26)(H,23,25). The van der Waals surface area contributed by atoms with Gasteiger partial charge in [-0.05, 0) is 12.2 Å². The Hall–Kier alpha value is -3.04. The largest absolute Gasteiger partial charge is 0.374 e. The highest BCUT2D eigenvalue weighted by Crippen LogP contribution is 2.42. The fourth-order valence-corrected chi connectivity index (χ4v) is 3.66. The average molecular weight is 417 g/mol. The molecule has 9 nitrogen and oxygen atoms in total. The Morgan fingerprint density at radius 3 is 2.53 bits per heavy atom. The number of ether oxygens (including phenoxy) is 2. The molecular formula is C21H27N3O6. The molecule has 0 aliphatic heterocycles. The smallest absolute Gasteiger partial charge is 0.273 e. The van der Waals surface area contributed by atoms with Crippen molar-refractivity contribution in [1.29, 1.82) is 0 Å². The van der Waals surface area contributed by atoms with Gasteiger partial charge in [-0.2, -0.15) is 0 Å². The van der Waals surface area contributed by atoms with Gasteiger partial charge in [0.25, 0.3) is 5.69 Å². The quantitative estimate of drug-likeness (QED) is 0.464. The summed E-state index contributed by atoms with van der Waals surface area (Å²) in [6.45, 7) is 3.98. The number of carbonyl (C=O) groups excluding carboxylic acids is 2. The molecule has 1 aliphatic rings. The number of hydrogen-bond acceptors (Lipinski definition) is 6. The van der Waals surface area contributed by atoms with Crippen molar-refractivity contribution in [2.75, 3.05) is 20.8 Å². The number of hydrogen-bond donors (Lipinski definition) is 2. The number of nitrogens with one attached hydrogen (secondary N) is 1. The van der Waals surface area contributed by atoms with Crippen LogP contribution in [0.25, 0.3) is 0 Å². The zero-order valence-corrected chi connectivity index (χ0v) is 17.5. The molecule has 0 radical (unpaired) electrons. The van der Waals surface area contributed by atoms with Crippen molar-refractivity contribution in [2.24, 2.45) is 11.1 Å². The second kappa shape index (κ2) is 9.19. The number of benzene rings is 1. The van der Waals surface area contributed by atoms with Crippen LogP contribution in [0, 0.1) is 15.5 Å². The van der Waals surface area contributed by atoms with Crippen molar-refractivity contribution >= 4 is 17.5 Å². The van der Waals surface area contributed by atoms with E-state index >= 15 is 0 Å². The summed E-state index contributed by atoms with van der Waals surface area (Å²) < 4.78 is 11.4. The Balaban J connectivity index is 2.17. The van der Waals surface area contributed by atoms with Gasteiger partial charge in [0.1, 0.15) is 11.7 Å². The Labute approximate surface area is 175 Å². The molecule has 2 unspecified atom stereocenters. The number of nitro groups is 1. The lowest BCUT2D eigenvalue weighted by molar-refractivity contribution is -0.385. The minimum Gasteiger partial charge on any atom is -0.374 e. The van der Waals surface area contributed by atoms with Crippen molar-refractivity contribution in [2.45, 2.75) is 32.0 Å². The van der Waals surface area contributed by atoms with E-state index in [1.54, 1.807) is 36.4 Å². The molecule has 9 heteroatoms. The van der Waals surface area contributed by atoms with Crippen LogP contribution in [0.15, 0.2) is 48.1 Å². The van der Waals surface area contributed by atoms with E-state index < -0.39 is 28.0 Å². The van der Waals surface area contributed by atoms with Crippen LogP contribution in [-0.4, -0.2) is 49.2 Å². The maximum Gasteiger partial charge on any atom is 0.273 e. The van der Waals surface area contributed by atoms with Crippen LogP contribution < -0.4 is 11.1 Å². The first-order valence-corrected chi connectivity index (χ1v) is 9.35. The molecule has 0 fully saturated rings. The summed E-state index contributed by atoms with van der Waals surface area (Å²) >= 11 is 0. The first-order valence-electron chi connectivity index (χ1n) is 9.35. The molecule has 0 saturated heterocycles. The van der Waals surface area contributed by atoms with Crippen LogP contribution in [0.4, 0.5) is 5.69 Å².